The molecular formula is C19H24N4O2. The van der Waals surface area contributed by atoms with Crippen LogP contribution in [0.5, 0.6) is 0 Å². The number of anilines is 2. The van der Waals surface area contributed by atoms with Crippen molar-refractivity contribution in [3.63, 3.8) is 0 Å². The molecule has 3 heterocycles. The highest BCUT2D eigenvalue weighted by atomic mass is 16.5. The molecule has 0 N–H and O–H groups in total. The molecule has 0 spiro atoms. The Bertz CT molecular complexity index is 765. The van der Waals surface area contributed by atoms with E-state index in [1.165, 1.54) is 20.0 Å². The first-order valence-corrected chi connectivity index (χ1v) is 9.11. The Hall–Kier alpha value is -2.37. The molecule has 0 saturated carbocycles. The first-order valence-electron chi connectivity index (χ1n) is 9.11. The molecule has 0 radical (unpaired) electrons. The number of piperidine rings is 1. The lowest BCUT2D eigenvalue weighted by Crippen LogP contribution is -2.38. The van der Waals surface area contributed by atoms with Crippen LogP contribution in [0.25, 0.3) is 11.0 Å². The molecule has 0 unspecified atom stereocenters. The third-order valence-corrected chi connectivity index (χ3v) is 5.27. The Balaban J connectivity index is 1.65. The fraction of sp³-hybridized carbons (Fsp3) is 0.526. The van der Waals surface area contributed by atoms with Crippen LogP contribution in [-0.4, -0.2) is 49.2 Å². The molecule has 0 aliphatic carbocycles. The average molecular weight is 340 g/mol. The van der Waals surface area contributed by atoms with Crippen molar-refractivity contribution in [3.05, 3.63) is 24.3 Å². The summed E-state index contributed by atoms with van der Waals surface area (Å²) in [5.74, 6) is 1.87. The van der Waals surface area contributed by atoms with E-state index in [2.05, 4.69) is 9.80 Å². The standard InChI is InChI=1S/C19H24N4O2/c1-25-19(24)14-8-12-23(13-9-14)18-17(22-10-4-5-11-22)20-15-6-2-3-7-16(15)21-18/h2-3,6-7,14H,4-5,8-13H2,1H3. The van der Waals surface area contributed by atoms with E-state index in [9.17, 15) is 4.79 Å². The number of ether oxygens (including phenoxy) is 1. The second kappa shape index (κ2) is 6.86. The molecule has 2 fully saturated rings. The molecule has 132 valence electrons. The number of benzene rings is 1. The van der Waals surface area contributed by atoms with Gasteiger partial charge in [0.05, 0.1) is 24.1 Å². The van der Waals surface area contributed by atoms with Gasteiger partial charge in [0.15, 0.2) is 11.6 Å². The van der Waals surface area contributed by atoms with Gasteiger partial charge in [0.1, 0.15) is 0 Å². The van der Waals surface area contributed by atoms with Crippen LogP contribution in [0.1, 0.15) is 25.7 Å². The number of methoxy groups -OCH3 is 1. The highest BCUT2D eigenvalue weighted by Crippen LogP contribution is 2.33. The zero-order chi connectivity index (χ0) is 17.2. The van der Waals surface area contributed by atoms with Crippen molar-refractivity contribution in [2.24, 2.45) is 5.92 Å². The Morgan fingerprint density at radius 1 is 0.960 bits per heavy atom. The largest absolute Gasteiger partial charge is 0.469 e. The molecule has 6 nitrogen and oxygen atoms in total. The second-order valence-electron chi connectivity index (χ2n) is 6.84. The lowest BCUT2D eigenvalue weighted by atomic mass is 9.97. The fourth-order valence-corrected chi connectivity index (χ4v) is 3.83. The SMILES string of the molecule is COC(=O)C1CCN(c2nc3ccccc3nc2N2CCCC2)CC1. The monoisotopic (exact) mass is 340 g/mol. The number of rotatable bonds is 3. The number of hydrogen-bond donors (Lipinski definition) is 0. The highest BCUT2D eigenvalue weighted by Gasteiger charge is 2.29. The lowest BCUT2D eigenvalue weighted by molar-refractivity contribution is -0.146. The Kier molecular flexibility index (Phi) is 4.42. The Labute approximate surface area is 147 Å². The number of nitrogens with zero attached hydrogens (tertiary/aromatic N) is 4. The number of aromatic nitrogens is 2. The van der Waals surface area contributed by atoms with E-state index in [0.29, 0.717) is 0 Å². The van der Waals surface area contributed by atoms with Crippen molar-refractivity contribution < 1.29 is 9.53 Å². The Morgan fingerprint density at radius 3 is 2.00 bits per heavy atom. The van der Waals surface area contributed by atoms with Crippen LogP contribution in [0.4, 0.5) is 11.6 Å². The van der Waals surface area contributed by atoms with E-state index in [1.807, 2.05) is 24.3 Å². The number of carbonyl (C=O) groups is 1. The highest BCUT2D eigenvalue weighted by molar-refractivity contribution is 5.81. The van der Waals surface area contributed by atoms with Crippen LogP contribution in [0, 0.1) is 5.92 Å². The van der Waals surface area contributed by atoms with E-state index < -0.39 is 0 Å². The summed E-state index contributed by atoms with van der Waals surface area (Å²) < 4.78 is 4.90. The third kappa shape index (κ3) is 3.13. The zero-order valence-corrected chi connectivity index (χ0v) is 14.6. The van der Waals surface area contributed by atoms with Gasteiger partial charge in [-0.1, -0.05) is 12.1 Å². The summed E-state index contributed by atoms with van der Waals surface area (Å²) in [5.41, 5.74) is 1.87. The van der Waals surface area contributed by atoms with Crippen molar-refractivity contribution in [2.45, 2.75) is 25.7 Å². The average Bonchev–Trinajstić information content (AvgIpc) is 3.21. The molecule has 2 aliphatic rings. The summed E-state index contributed by atoms with van der Waals surface area (Å²) in [7, 11) is 1.47. The minimum atomic E-state index is -0.0935. The van der Waals surface area contributed by atoms with Gasteiger partial charge >= 0.3 is 5.97 Å². The van der Waals surface area contributed by atoms with Gasteiger partial charge in [-0.2, -0.15) is 0 Å². The summed E-state index contributed by atoms with van der Waals surface area (Å²) in [4.78, 5) is 26.3. The molecule has 0 atom stereocenters. The number of esters is 1. The molecule has 2 saturated heterocycles. The van der Waals surface area contributed by atoms with Gasteiger partial charge in [-0.05, 0) is 37.8 Å². The lowest BCUT2D eigenvalue weighted by Gasteiger charge is -2.33. The minimum absolute atomic E-state index is 0.00454. The van der Waals surface area contributed by atoms with Gasteiger partial charge in [-0.15, -0.1) is 0 Å². The smallest absolute Gasteiger partial charge is 0.308 e. The summed E-state index contributed by atoms with van der Waals surface area (Å²) >= 11 is 0. The molecule has 1 aromatic carbocycles. The predicted molar refractivity (Wildman–Crippen MR) is 97.9 cm³/mol. The van der Waals surface area contributed by atoms with Crippen molar-refractivity contribution >= 4 is 28.6 Å². The van der Waals surface area contributed by atoms with E-state index in [1.54, 1.807) is 0 Å². The van der Waals surface area contributed by atoms with Crippen LogP contribution >= 0.6 is 0 Å². The third-order valence-electron chi connectivity index (χ3n) is 5.27. The molecule has 25 heavy (non-hydrogen) atoms. The summed E-state index contributed by atoms with van der Waals surface area (Å²) in [6.45, 7) is 3.71. The van der Waals surface area contributed by atoms with E-state index in [0.717, 1.165) is 61.7 Å². The molecule has 1 aromatic heterocycles. The predicted octanol–water partition coefficient (Wildman–Crippen LogP) is 2.62. The van der Waals surface area contributed by atoms with E-state index >= 15 is 0 Å². The topological polar surface area (TPSA) is 58.6 Å². The molecule has 2 aromatic rings. The normalized spacial score (nSPS) is 18.8. The maximum absolute atomic E-state index is 11.8. The van der Waals surface area contributed by atoms with Crippen molar-refractivity contribution in [1.82, 2.24) is 9.97 Å². The number of para-hydroxylation sites is 2. The quantitative estimate of drug-likeness (QED) is 0.801. The Morgan fingerprint density at radius 2 is 1.48 bits per heavy atom. The maximum Gasteiger partial charge on any atom is 0.308 e. The van der Waals surface area contributed by atoms with Gasteiger partial charge < -0.3 is 14.5 Å². The van der Waals surface area contributed by atoms with Crippen molar-refractivity contribution in [3.8, 4) is 0 Å². The van der Waals surface area contributed by atoms with Gasteiger partial charge in [-0.3, -0.25) is 4.79 Å². The molecule has 6 heteroatoms. The number of fused-ring (bicyclic) bond motifs is 1. The second-order valence-corrected chi connectivity index (χ2v) is 6.84. The van der Waals surface area contributed by atoms with Crippen LogP contribution in [0.3, 0.4) is 0 Å². The van der Waals surface area contributed by atoms with Gasteiger partial charge in [0, 0.05) is 26.2 Å². The summed E-state index contributed by atoms with van der Waals surface area (Å²) in [6.07, 6.45) is 4.03. The van der Waals surface area contributed by atoms with Gasteiger partial charge in [0.2, 0.25) is 0 Å². The van der Waals surface area contributed by atoms with Gasteiger partial charge in [-0.25, -0.2) is 9.97 Å². The number of hydrogen-bond acceptors (Lipinski definition) is 6. The zero-order valence-electron chi connectivity index (χ0n) is 14.6. The molecule has 4 rings (SSSR count). The number of carbonyl (C=O) groups excluding carboxylic acids is 1. The molecule has 0 bridgehead atoms. The van der Waals surface area contributed by atoms with Gasteiger partial charge in [0.25, 0.3) is 0 Å². The molecule has 2 aliphatic heterocycles. The maximum atomic E-state index is 11.8. The summed E-state index contributed by atoms with van der Waals surface area (Å²) in [5, 5.41) is 0. The van der Waals surface area contributed by atoms with E-state index in [4.69, 9.17) is 14.7 Å². The van der Waals surface area contributed by atoms with Crippen LogP contribution in [0.15, 0.2) is 24.3 Å². The summed E-state index contributed by atoms with van der Waals surface area (Å²) in [6, 6.07) is 8.04. The fourth-order valence-electron chi connectivity index (χ4n) is 3.83. The van der Waals surface area contributed by atoms with Crippen LogP contribution in [0.2, 0.25) is 0 Å². The first-order chi connectivity index (χ1) is 12.3. The van der Waals surface area contributed by atoms with Crippen LogP contribution < -0.4 is 9.80 Å². The minimum Gasteiger partial charge on any atom is -0.469 e. The van der Waals surface area contributed by atoms with E-state index in [-0.39, 0.29) is 11.9 Å². The van der Waals surface area contributed by atoms with Crippen molar-refractivity contribution in [2.75, 3.05) is 43.1 Å². The van der Waals surface area contributed by atoms with Crippen molar-refractivity contribution in [1.29, 1.82) is 0 Å². The van der Waals surface area contributed by atoms with Crippen LogP contribution in [-0.2, 0) is 9.53 Å². The molecular weight excluding hydrogens is 316 g/mol. The molecule has 0 amide bonds. The first kappa shape index (κ1) is 16.1.